The Hall–Kier alpha value is -1.42. The summed E-state index contributed by atoms with van der Waals surface area (Å²) in [5.74, 6) is 0.0251. The first-order valence-corrected chi connectivity index (χ1v) is 7.21. The second-order valence-electron chi connectivity index (χ2n) is 6.05. The van der Waals surface area contributed by atoms with Crippen LogP contribution in [0.1, 0.15) is 38.8 Å². The van der Waals surface area contributed by atoms with Crippen LogP contribution in [0, 0.1) is 17.7 Å². The summed E-state index contributed by atoms with van der Waals surface area (Å²) >= 11 is 0. The molecule has 1 aromatic carbocycles. The Labute approximate surface area is 120 Å². The van der Waals surface area contributed by atoms with Crippen LogP contribution in [0.15, 0.2) is 24.3 Å². The van der Waals surface area contributed by atoms with E-state index in [1.165, 1.54) is 12.1 Å². The maximum Gasteiger partial charge on any atom is 0.227 e. The summed E-state index contributed by atoms with van der Waals surface area (Å²) in [7, 11) is 0. The van der Waals surface area contributed by atoms with Crippen molar-refractivity contribution in [1.29, 1.82) is 0 Å². The van der Waals surface area contributed by atoms with Crippen LogP contribution >= 0.6 is 0 Å². The predicted molar refractivity (Wildman–Crippen MR) is 77.4 cm³/mol. The molecule has 1 amide bonds. The van der Waals surface area contributed by atoms with Crippen LogP contribution < -0.4 is 5.73 Å². The summed E-state index contributed by atoms with van der Waals surface area (Å²) in [4.78, 5) is 14.4. The fraction of sp³-hybridized carbons (Fsp3) is 0.562. The molecular formula is C16H23FN2O. The van der Waals surface area contributed by atoms with Crippen molar-refractivity contribution in [3.05, 3.63) is 35.6 Å². The summed E-state index contributed by atoms with van der Waals surface area (Å²) in [6.07, 6.45) is 0.876. The largest absolute Gasteiger partial charge is 0.335 e. The third kappa shape index (κ3) is 3.01. The van der Waals surface area contributed by atoms with E-state index in [1.54, 1.807) is 6.07 Å². The average molecular weight is 278 g/mol. The highest BCUT2D eigenvalue weighted by Gasteiger charge is 2.36. The van der Waals surface area contributed by atoms with Crippen molar-refractivity contribution in [1.82, 2.24) is 4.90 Å². The quantitative estimate of drug-likeness (QED) is 0.924. The summed E-state index contributed by atoms with van der Waals surface area (Å²) in [6, 6.07) is 6.34. The number of amides is 1. The lowest BCUT2D eigenvalue weighted by molar-refractivity contribution is -0.136. The van der Waals surface area contributed by atoms with Gasteiger partial charge in [-0.05, 0) is 37.0 Å². The van der Waals surface area contributed by atoms with Crippen molar-refractivity contribution < 1.29 is 9.18 Å². The Bertz CT molecular complexity index is 489. The minimum absolute atomic E-state index is 0.0330. The Morgan fingerprint density at radius 2 is 2.15 bits per heavy atom. The lowest BCUT2D eigenvalue weighted by Gasteiger charge is -2.29. The Balaban J connectivity index is 2.25. The van der Waals surface area contributed by atoms with E-state index < -0.39 is 0 Å². The number of nitrogens with zero attached hydrogens (tertiary/aromatic N) is 1. The molecule has 0 aliphatic carbocycles. The molecule has 0 spiro atoms. The highest BCUT2D eigenvalue weighted by Crippen LogP contribution is 2.36. The van der Waals surface area contributed by atoms with Gasteiger partial charge in [0.2, 0.25) is 5.91 Å². The summed E-state index contributed by atoms with van der Waals surface area (Å²) in [5, 5.41) is 0. The van der Waals surface area contributed by atoms with Gasteiger partial charge in [-0.25, -0.2) is 4.39 Å². The second kappa shape index (κ2) is 5.92. The molecule has 1 saturated heterocycles. The Morgan fingerprint density at radius 1 is 1.45 bits per heavy atom. The molecule has 2 rings (SSSR count). The van der Waals surface area contributed by atoms with Gasteiger partial charge in [0.05, 0.1) is 12.0 Å². The van der Waals surface area contributed by atoms with Crippen molar-refractivity contribution in [3.63, 3.8) is 0 Å². The first-order chi connectivity index (χ1) is 9.40. The molecule has 0 saturated carbocycles. The van der Waals surface area contributed by atoms with Crippen molar-refractivity contribution in [2.24, 2.45) is 17.6 Å². The number of benzene rings is 1. The molecule has 4 heteroatoms. The van der Waals surface area contributed by atoms with Gasteiger partial charge in [0.1, 0.15) is 5.82 Å². The maximum atomic E-state index is 13.4. The van der Waals surface area contributed by atoms with Crippen molar-refractivity contribution in [2.75, 3.05) is 6.54 Å². The second-order valence-corrected chi connectivity index (χ2v) is 6.05. The smallest absolute Gasteiger partial charge is 0.227 e. The molecule has 0 bridgehead atoms. The third-order valence-corrected chi connectivity index (χ3v) is 4.20. The third-order valence-electron chi connectivity index (χ3n) is 4.20. The Kier molecular flexibility index (Phi) is 4.43. The first-order valence-electron chi connectivity index (χ1n) is 7.21. The number of rotatable bonds is 3. The van der Waals surface area contributed by atoms with Gasteiger partial charge in [0.25, 0.3) is 0 Å². The highest BCUT2D eigenvalue weighted by atomic mass is 19.1. The van der Waals surface area contributed by atoms with Crippen molar-refractivity contribution in [2.45, 2.75) is 39.3 Å². The zero-order valence-corrected chi connectivity index (χ0v) is 12.3. The molecule has 1 heterocycles. The lowest BCUT2D eigenvalue weighted by atomic mass is 9.99. The van der Waals surface area contributed by atoms with Crippen LogP contribution in [0.2, 0.25) is 0 Å². The molecule has 20 heavy (non-hydrogen) atoms. The molecule has 1 aliphatic heterocycles. The van der Waals surface area contributed by atoms with E-state index in [2.05, 4.69) is 6.92 Å². The maximum absolute atomic E-state index is 13.4. The average Bonchev–Trinajstić information content (AvgIpc) is 2.79. The minimum Gasteiger partial charge on any atom is -0.335 e. The van der Waals surface area contributed by atoms with Gasteiger partial charge in [0, 0.05) is 12.6 Å². The number of likely N-dealkylation sites (tertiary alicyclic amines) is 1. The molecule has 1 aromatic rings. The van der Waals surface area contributed by atoms with Crippen LogP contribution in [0.25, 0.3) is 0 Å². The van der Waals surface area contributed by atoms with Gasteiger partial charge < -0.3 is 10.6 Å². The van der Waals surface area contributed by atoms with Crippen molar-refractivity contribution >= 4 is 5.91 Å². The van der Waals surface area contributed by atoms with E-state index in [0.29, 0.717) is 5.92 Å². The minimum atomic E-state index is -0.255. The molecule has 4 unspecified atom stereocenters. The van der Waals surface area contributed by atoms with Crippen molar-refractivity contribution in [3.8, 4) is 0 Å². The number of halogens is 1. The molecular weight excluding hydrogens is 255 g/mol. The lowest BCUT2D eigenvalue weighted by Crippen LogP contribution is -2.41. The van der Waals surface area contributed by atoms with E-state index in [-0.39, 0.29) is 29.7 Å². The summed E-state index contributed by atoms with van der Waals surface area (Å²) < 4.78 is 13.4. The van der Waals surface area contributed by atoms with Crippen LogP contribution in [0.5, 0.6) is 0 Å². The van der Waals surface area contributed by atoms with Gasteiger partial charge >= 0.3 is 0 Å². The molecule has 1 fully saturated rings. The van der Waals surface area contributed by atoms with E-state index in [1.807, 2.05) is 24.8 Å². The van der Waals surface area contributed by atoms with E-state index in [0.717, 1.165) is 18.5 Å². The first kappa shape index (κ1) is 15.0. The number of hydrogen-bond donors (Lipinski definition) is 1. The molecule has 110 valence electrons. The molecule has 1 aliphatic rings. The Morgan fingerprint density at radius 3 is 2.75 bits per heavy atom. The van der Waals surface area contributed by atoms with Crippen LogP contribution in [0.3, 0.4) is 0 Å². The number of carbonyl (C=O) groups is 1. The highest BCUT2D eigenvalue weighted by molar-refractivity contribution is 5.80. The summed E-state index contributed by atoms with van der Waals surface area (Å²) in [5.41, 5.74) is 6.71. The topological polar surface area (TPSA) is 46.3 Å². The zero-order valence-electron chi connectivity index (χ0n) is 12.3. The van der Waals surface area contributed by atoms with E-state index in [4.69, 9.17) is 5.73 Å². The fourth-order valence-corrected chi connectivity index (χ4v) is 2.81. The summed E-state index contributed by atoms with van der Waals surface area (Å²) in [6.45, 7) is 6.55. The van der Waals surface area contributed by atoms with Gasteiger partial charge in [-0.15, -0.1) is 0 Å². The molecule has 0 radical (unpaired) electrons. The van der Waals surface area contributed by atoms with Gasteiger partial charge in [0.15, 0.2) is 0 Å². The van der Waals surface area contributed by atoms with Gasteiger partial charge in [-0.2, -0.15) is 0 Å². The SMILES string of the molecule is CC1CC(c2cccc(F)c2)N(C(=O)C(C)C(C)N)C1. The zero-order chi connectivity index (χ0) is 14.9. The number of hydrogen-bond acceptors (Lipinski definition) is 2. The van der Waals surface area contributed by atoms with Crippen LogP contribution in [-0.2, 0) is 4.79 Å². The van der Waals surface area contributed by atoms with E-state index in [9.17, 15) is 9.18 Å². The number of nitrogens with two attached hydrogens (primary N) is 1. The molecule has 3 nitrogen and oxygen atoms in total. The molecule has 4 atom stereocenters. The molecule has 2 N–H and O–H groups in total. The monoisotopic (exact) mass is 278 g/mol. The number of carbonyl (C=O) groups excluding carboxylic acids is 1. The molecule has 0 aromatic heterocycles. The van der Waals surface area contributed by atoms with Gasteiger partial charge in [-0.1, -0.05) is 26.0 Å². The van der Waals surface area contributed by atoms with E-state index >= 15 is 0 Å². The van der Waals surface area contributed by atoms with Crippen LogP contribution in [-0.4, -0.2) is 23.4 Å². The predicted octanol–water partition coefficient (Wildman–Crippen LogP) is 2.72. The standard InChI is InChI=1S/C16H23FN2O/c1-10-7-15(13-5-4-6-14(17)8-13)19(9-10)16(20)11(2)12(3)18/h4-6,8,10-12,15H,7,9,18H2,1-3H3. The fourth-order valence-electron chi connectivity index (χ4n) is 2.81. The van der Waals surface area contributed by atoms with Crippen LogP contribution in [0.4, 0.5) is 4.39 Å². The normalized spacial score (nSPS) is 25.6. The van der Waals surface area contributed by atoms with Gasteiger partial charge in [-0.3, -0.25) is 4.79 Å².